The van der Waals surface area contributed by atoms with Gasteiger partial charge >= 0.3 is 0 Å². The first kappa shape index (κ1) is 47.3. The zero-order valence-electron chi connectivity index (χ0n) is 45.5. The molecule has 0 N–H and O–H groups in total. The zero-order chi connectivity index (χ0) is 53.1. The van der Waals surface area contributed by atoms with E-state index in [1.54, 1.807) is 0 Å². The normalized spacial score (nSPS) is 12.1. The van der Waals surface area contributed by atoms with Crippen molar-refractivity contribution in [1.29, 1.82) is 0 Å². The van der Waals surface area contributed by atoms with Crippen molar-refractivity contribution in [3.05, 3.63) is 240 Å². The molecule has 0 fully saturated rings. The van der Waals surface area contributed by atoms with Gasteiger partial charge in [0.25, 0.3) is 0 Å². The van der Waals surface area contributed by atoms with Gasteiger partial charge in [-0.1, -0.05) is 161 Å². The van der Waals surface area contributed by atoms with Gasteiger partial charge in [0.15, 0.2) is 0 Å². The Morgan fingerprint density at radius 3 is 1.05 bits per heavy atom. The molecule has 0 saturated heterocycles. The molecule has 4 heteroatoms. The van der Waals surface area contributed by atoms with Gasteiger partial charge in [0.05, 0.1) is 22.7 Å². The fourth-order valence-electron chi connectivity index (χ4n) is 13.1. The molecule has 0 amide bonds. The van der Waals surface area contributed by atoms with E-state index in [0.29, 0.717) is 0 Å². The highest BCUT2D eigenvalue weighted by molar-refractivity contribution is 6.29. The third-order valence-corrected chi connectivity index (χ3v) is 16.5. The standard InChI is InChI=1S/C74H60N2O2/c1-43(2)63-41-65(75(51-21-11-9-12-22-51)71-45(5)37-49(38-46(71)6)53-27-19-29-59-55-25-15-17-31-67(55)77-73(53)59)61-36-34-58-64(44(3)4)42-66(62-35-33-57(63)69(61)70(58)62)76(52-23-13-10-14-24-52)72-47(7)39-50(40-48(72)8)54-28-20-30-60-56-26-16-18-32-68(56)78-74(54)60/h9-44H,1-8H3. The molecule has 0 saturated carbocycles. The van der Waals surface area contributed by atoms with Crippen molar-refractivity contribution in [2.75, 3.05) is 9.80 Å². The molecule has 0 aliphatic heterocycles. The van der Waals surface area contributed by atoms with Crippen LogP contribution < -0.4 is 9.80 Å². The predicted molar refractivity (Wildman–Crippen MR) is 332 cm³/mol. The summed E-state index contributed by atoms with van der Waals surface area (Å²) in [6.07, 6.45) is 0. The molecule has 12 aromatic carbocycles. The van der Waals surface area contributed by atoms with E-state index >= 15 is 0 Å². The first-order chi connectivity index (χ1) is 38.0. The minimum atomic E-state index is 0.249. The van der Waals surface area contributed by atoms with Crippen LogP contribution in [0.25, 0.3) is 98.4 Å². The van der Waals surface area contributed by atoms with Crippen molar-refractivity contribution in [2.24, 2.45) is 0 Å². The van der Waals surface area contributed by atoms with Gasteiger partial charge in [-0.25, -0.2) is 0 Å². The smallest absolute Gasteiger partial charge is 0.143 e. The van der Waals surface area contributed by atoms with Gasteiger partial charge in [0.1, 0.15) is 22.3 Å². The zero-order valence-corrected chi connectivity index (χ0v) is 45.5. The number of para-hydroxylation sites is 6. The lowest BCUT2D eigenvalue weighted by molar-refractivity contribution is 0.669. The Balaban J connectivity index is 1.00. The summed E-state index contributed by atoms with van der Waals surface area (Å²) in [6.45, 7) is 18.5. The topological polar surface area (TPSA) is 32.8 Å². The average Bonchev–Trinajstić information content (AvgIpc) is 4.18. The van der Waals surface area contributed by atoms with Gasteiger partial charge in [0.2, 0.25) is 0 Å². The second kappa shape index (κ2) is 18.3. The molecular formula is C74H60N2O2. The molecule has 0 bridgehead atoms. The summed E-state index contributed by atoms with van der Waals surface area (Å²) in [5, 5.41) is 12.2. The van der Waals surface area contributed by atoms with Crippen LogP contribution in [0.1, 0.15) is 72.9 Å². The van der Waals surface area contributed by atoms with Crippen molar-refractivity contribution in [3.63, 3.8) is 0 Å². The average molecular weight is 1010 g/mol. The van der Waals surface area contributed by atoms with E-state index in [9.17, 15) is 0 Å². The lowest BCUT2D eigenvalue weighted by atomic mass is 9.83. The van der Waals surface area contributed by atoms with Crippen LogP contribution >= 0.6 is 0 Å². The molecular weight excluding hydrogens is 949 g/mol. The third kappa shape index (κ3) is 7.34. The molecule has 14 rings (SSSR count). The summed E-state index contributed by atoms with van der Waals surface area (Å²) < 4.78 is 13.2. The van der Waals surface area contributed by atoms with Crippen LogP contribution in [-0.4, -0.2) is 0 Å². The first-order valence-corrected chi connectivity index (χ1v) is 27.5. The number of nitrogens with zero attached hydrogens (tertiary/aromatic N) is 2. The molecule has 0 aliphatic carbocycles. The highest BCUT2D eigenvalue weighted by atomic mass is 16.3. The van der Waals surface area contributed by atoms with Crippen LogP contribution in [-0.2, 0) is 0 Å². The van der Waals surface area contributed by atoms with Gasteiger partial charge in [-0.3, -0.25) is 0 Å². The minimum Gasteiger partial charge on any atom is -0.455 e. The number of rotatable bonds is 10. The number of benzene rings is 12. The molecule has 2 aromatic heterocycles. The summed E-state index contributed by atoms with van der Waals surface area (Å²) in [5.41, 5.74) is 22.5. The van der Waals surface area contributed by atoms with E-state index < -0.39 is 0 Å². The largest absolute Gasteiger partial charge is 0.455 e. The summed E-state index contributed by atoms with van der Waals surface area (Å²) in [4.78, 5) is 5.07. The molecule has 378 valence electrons. The maximum atomic E-state index is 6.61. The molecule has 0 atom stereocenters. The fourth-order valence-corrected chi connectivity index (χ4v) is 13.1. The van der Waals surface area contributed by atoms with E-state index in [2.05, 4.69) is 259 Å². The third-order valence-electron chi connectivity index (χ3n) is 16.5. The van der Waals surface area contributed by atoms with E-state index in [1.807, 2.05) is 12.1 Å². The number of aryl methyl sites for hydroxylation is 4. The van der Waals surface area contributed by atoms with Crippen LogP contribution in [0, 0.1) is 27.7 Å². The summed E-state index contributed by atoms with van der Waals surface area (Å²) >= 11 is 0. The molecule has 78 heavy (non-hydrogen) atoms. The van der Waals surface area contributed by atoms with E-state index in [1.165, 1.54) is 88.4 Å². The quantitative estimate of drug-likeness (QED) is 0.128. The Hall–Kier alpha value is -9.12. The Labute approximate surface area is 455 Å². The van der Waals surface area contributed by atoms with Crippen molar-refractivity contribution in [3.8, 4) is 22.3 Å². The molecule has 14 aromatic rings. The van der Waals surface area contributed by atoms with Crippen molar-refractivity contribution >= 4 is 110 Å². The Bertz CT molecular complexity index is 4330. The monoisotopic (exact) mass is 1010 g/mol. The van der Waals surface area contributed by atoms with Gasteiger partial charge in [-0.05, 0) is 178 Å². The Kier molecular flexibility index (Phi) is 11.1. The predicted octanol–water partition coefficient (Wildman–Crippen LogP) is 22.1. The van der Waals surface area contributed by atoms with Crippen LogP contribution in [0.2, 0.25) is 0 Å². The van der Waals surface area contributed by atoms with Gasteiger partial charge in [0, 0.05) is 54.8 Å². The van der Waals surface area contributed by atoms with Crippen molar-refractivity contribution in [2.45, 2.75) is 67.2 Å². The van der Waals surface area contributed by atoms with Gasteiger partial charge in [-0.15, -0.1) is 0 Å². The number of anilines is 6. The lowest BCUT2D eigenvalue weighted by Crippen LogP contribution is -2.15. The van der Waals surface area contributed by atoms with E-state index in [0.717, 1.165) is 77.5 Å². The maximum absolute atomic E-state index is 6.61. The van der Waals surface area contributed by atoms with E-state index in [-0.39, 0.29) is 11.8 Å². The maximum Gasteiger partial charge on any atom is 0.143 e. The SMILES string of the molecule is Cc1cc(-c2cccc3c2oc2ccccc23)cc(C)c1N(c1ccccc1)c1cc(C(C)C)c2ccc3c(N(c4ccccc4)c4c(C)cc(-c5cccc6c5oc5ccccc56)cc4C)cc(C(C)C)c4ccc1c2c43. The number of hydrogen-bond acceptors (Lipinski definition) is 4. The van der Waals surface area contributed by atoms with Gasteiger partial charge in [-0.2, -0.15) is 0 Å². The number of furan rings is 2. The molecule has 0 radical (unpaired) electrons. The van der Waals surface area contributed by atoms with E-state index in [4.69, 9.17) is 8.83 Å². The van der Waals surface area contributed by atoms with Crippen LogP contribution in [0.5, 0.6) is 0 Å². The summed E-state index contributed by atoms with van der Waals surface area (Å²) in [7, 11) is 0. The molecule has 0 unspecified atom stereocenters. The second-order valence-corrected chi connectivity index (χ2v) is 22.2. The Morgan fingerprint density at radius 1 is 0.321 bits per heavy atom. The number of hydrogen-bond donors (Lipinski definition) is 0. The van der Waals surface area contributed by atoms with Crippen LogP contribution in [0.4, 0.5) is 34.1 Å². The molecule has 0 aliphatic rings. The Morgan fingerprint density at radius 2 is 0.667 bits per heavy atom. The summed E-state index contributed by atoms with van der Waals surface area (Å²) in [6, 6.07) is 75.7. The molecule has 2 heterocycles. The molecule has 0 spiro atoms. The minimum absolute atomic E-state index is 0.249. The summed E-state index contributed by atoms with van der Waals surface area (Å²) in [5.74, 6) is 0.498. The van der Waals surface area contributed by atoms with Gasteiger partial charge < -0.3 is 18.6 Å². The second-order valence-electron chi connectivity index (χ2n) is 22.2. The lowest BCUT2D eigenvalue weighted by Gasteiger charge is -2.33. The van der Waals surface area contributed by atoms with Crippen molar-refractivity contribution in [1.82, 2.24) is 0 Å². The number of fused-ring (bicyclic) bond motifs is 6. The first-order valence-electron chi connectivity index (χ1n) is 27.5. The van der Waals surface area contributed by atoms with Crippen LogP contribution in [0.15, 0.2) is 215 Å². The fraction of sp³-hybridized carbons (Fsp3) is 0.135. The highest BCUT2D eigenvalue weighted by Gasteiger charge is 2.29. The highest BCUT2D eigenvalue weighted by Crippen LogP contribution is 2.53. The van der Waals surface area contributed by atoms with Crippen molar-refractivity contribution < 1.29 is 8.83 Å². The molecule has 4 nitrogen and oxygen atoms in total. The van der Waals surface area contributed by atoms with Crippen LogP contribution in [0.3, 0.4) is 0 Å².